The summed E-state index contributed by atoms with van der Waals surface area (Å²) in [4.78, 5) is 0. The fourth-order valence-corrected chi connectivity index (χ4v) is 3.18. The second-order valence-corrected chi connectivity index (χ2v) is 7.02. The van der Waals surface area contributed by atoms with Gasteiger partial charge in [-0.3, -0.25) is 0 Å². The molecule has 1 N–H and O–H groups in total. The summed E-state index contributed by atoms with van der Waals surface area (Å²) in [6.07, 6.45) is 17.3. The van der Waals surface area contributed by atoms with Gasteiger partial charge in [0.15, 0.2) is 0 Å². The van der Waals surface area contributed by atoms with Crippen molar-refractivity contribution in [3.05, 3.63) is 0 Å². The first kappa shape index (κ1) is 20.0. The molecular weight excluding hydrogens is 242 g/mol. The molecule has 1 nitrogen and oxygen atoms in total. The Labute approximate surface area is 129 Å². The Kier molecular flexibility index (Phi) is 15.3. The minimum atomic E-state index is 0.844. The van der Waals surface area contributed by atoms with Crippen molar-refractivity contribution in [3.8, 4) is 0 Å². The van der Waals surface area contributed by atoms with Crippen molar-refractivity contribution in [1.82, 2.24) is 5.32 Å². The zero-order valence-electron chi connectivity index (χ0n) is 14.8. The van der Waals surface area contributed by atoms with Crippen molar-refractivity contribution in [2.45, 2.75) is 97.8 Å². The fourth-order valence-electron chi connectivity index (χ4n) is 3.18. The van der Waals surface area contributed by atoms with E-state index in [-0.39, 0.29) is 0 Å². The second-order valence-electron chi connectivity index (χ2n) is 7.02. The highest BCUT2D eigenvalue weighted by Crippen LogP contribution is 2.19. The Balaban J connectivity index is 3.31. The maximum Gasteiger partial charge on any atom is -0.00234 e. The van der Waals surface area contributed by atoms with Gasteiger partial charge < -0.3 is 5.32 Å². The molecule has 0 aromatic rings. The number of rotatable bonds is 15. The van der Waals surface area contributed by atoms with Gasteiger partial charge in [-0.1, -0.05) is 85.0 Å². The van der Waals surface area contributed by atoms with Crippen LogP contribution in [-0.2, 0) is 0 Å². The summed E-state index contributed by atoms with van der Waals surface area (Å²) in [7, 11) is 2.09. The van der Waals surface area contributed by atoms with E-state index in [1.165, 1.54) is 83.6 Å². The highest BCUT2D eigenvalue weighted by Gasteiger charge is 2.09. The highest BCUT2D eigenvalue weighted by molar-refractivity contribution is 4.64. The van der Waals surface area contributed by atoms with E-state index >= 15 is 0 Å². The molecule has 20 heavy (non-hydrogen) atoms. The predicted molar refractivity (Wildman–Crippen MR) is 93.3 cm³/mol. The SMILES string of the molecule is CCCCCCCCCCCCC(CNC)CC(C)C. The lowest BCUT2D eigenvalue weighted by molar-refractivity contribution is 0.361. The van der Waals surface area contributed by atoms with Crippen LogP contribution in [0, 0.1) is 11.8 Å². The predicted octanol–water partition coefficient (Wildman–Crippen LogP) is 6.18. The Bertz CT molecular complexity index is 177. The summed E-state index contributed by atoms with van der Waals surface area (Å²) < 4.78 is 0. The first-order valence-corrected chi connectivity index (χ1v) is 9.35. The van der Waals surface area contributed by atoms with Crippen LogP contribution in [0.5, 0.6) is 0 Å². The quantitative estimate of drug-likeness (QED) is 0.354. The fraction of sp³-hybridized carbons (Fsp3) is 1.00. The van der Waals surface area contributed by atoms with Crippen LogP contribution < -0.4 is 5.32 Å². The van der Waals surface area contributed by atoms with Crippen molar-refractivity contribution in [2.75, 3.05) is 13.6 Å². The molecule has 122 valence electrons. The molecule has 0 aliphatic carbocycles. The maximum absolute atomic E-state index is 3.36. The minimum Gasteiger partial charge on any atom is -0.319 e. The lowest BCUT2D eigenvalue weighted by Gasteiger charge is -2.18. The molecule has 0 rings (SSSR count). The van der Waals surface area contributed by atoms with E-state index in [1.54, 1.807) is 0 Å². The van der Waals surface area contributed by atoms with Crippen LogP contribution in [0.1, 0.15) is 97.8 Å². The van der Waals surface area contributed by atoms with Crippen LogP contribution >= 0.6 is 0 Å². The van der Waals surface area contributed by atoms with Crippen molar-refractivity contribution >= 4 is 0 Å². The third kappa shape index (κ3) is 14.4. The standard InChI is InChI=1S/C19H41N/c1-5-6-7-8-9-10-11-12-13-14-15-19(17-20-4)16-18(2)3/h18-20H,5-17H2,1-4H3. The largest absolute Gasteiger partial charge is 0.319 e. The monoisotopic (exact) mass is 283 g/mol. The molecule has 0 amide bonds. The summed E-state index contributed by atoms with van der Waals surface area (Å²) in [5, 5.41) is 3.36. The van der Waals surface area contributed by atoms with Crippen molar-refractivity contribution in [2.24, 2.45) is 11.8 Å². The topological polar surface area (TPSA) is 12.0 Å². The molecule has 1 heteroatoms. The molecule has 1 unspecified atom stereocenters. The summed E-state index contributed by atoms with van der Waals surface area (Å²) >= 11 is 0. The number of unbranched alkanes of at least 4 members (excludes halogenated alkanes) is 9. The van der Waals surface area contributed by atoms with Crippen LogP contribution in [0.4, 0.5) is 0 Å². The van der Waals surface area contributed by atoms with Gasteiger partial charge in [-0.05, 0) is 38.3 Å². The van der Waals surface area contributed by atoms with Gasteiger partial charge in [0, 0.05) is 0 Å². The maximum atomic E-state index is 3.36. The van der Waals surface area contributed by atoms with Gasteiger partial charge in [0.1, 0.15) is 0 Å². The van der Waals surface area contributed by atoms with Crippen LogP contribution in [0.2, 0.25) is 0 Å². The molecule has 0 saturated carbocycles. The van der Waals surface area contributed by atoms with Gasteiger partial charge in [0.2, 0.25) is 0 Å². The van der Waals surface area contributed by atoms with E-state index in [9.17, 15) is 0 Å². The van der Waals surface area contributed by atoms with E-state index < -0.39 is 0 Å². The van der Waals surface area contributed by atoms with Gasteiger partial charge in [-0.25, -0.2) is 0 Å². The molecule has 0 radical (unpaired) electrons. The van der Waals surface area contributed by atoms with Crippen LogP contribution in [-0.4, -0.2) is 13.6 Å². The second kappa shape index (κ2) is 15.4. The molecular formula is C19H41N. The Morgan fingerprint density at radius 2 is 1.25 bits per heavy atom. The summed E-state index contributed by atoms with van der Waals surface area (Å²) in [5.41, 5.74) is 0. The van der Waals surface area contributed by atoms with Crippen LogP contribution in [0.25, 0.3) is 0 Å². The third-order valence-corrected chi connectivity index (χ3v) is 4.26. The number of hydrogen-bond acceptors (Lipinski definition) is 1. The summed E-state index contributed by atoms with van der Waals surface area (Å²) in [6, 6.07) is 0. The van der Waals surface area contributed by atoms with E-state index in [2.05, 4.69) is 33.1 Å². The molecule has 0 spiro atoms. The van der Waals surface area contributed by atoms with E-state index in [0.29, 0.717) is 0 Å². The van der Waals surface area contributed by atoms with E-state index in [0.717, 1.165) is 11.8 Å². The summed E-state index contributed by atoms with van der Waals surface area (Å²) in [6.45, 7) is 8.19. The van der Waals surface area contributed by atoms with Crippen LogP contribution in [0.3, 0.4) is 0 Å². The average Bonchev–Trinajstić information content (AvgIpc) is 2.40. The van der Waals surface area contributed by atoms with Gasteiger partial charge in [-0.2, -0.15) is 0 Å². The van der Waals surface area contributed by atoms with Crippen molar-refractivity contribution in [3.63, 3.8) is 0 Å². The Morgan fingerprint density at radius 3 is 1.70 bits per heavy atom. The zero-order chi connectivity index (χ0) is 15.1. The van der Waals surface area contributed by atoms with Gasteiger partial charge >= 0.3 is 0 Å². The van der Waals surface area contributed by atoms with E-state index in [1.807, 2.05) is 0 Å². The Hall–Kier alpha value is -0.0400. The summed E-state index contributed by atoms with van der Waals surface area (Å²) in [5.74, 6) is 1.74. The third-order valence-electron chi connectivity index (χ3n) is 4.26. The molecule has 0 aromatic carbocycles. The van der Waals surface area contributed by atoms with Gasteiger partial charge in [-0.15, -0.1) is 0 Å². The molecule has 0 aromatic heterocycles. The number of nitrogens with one attached hydrogen (secondary N) is 1. The zero-order valence-corrected chi connectivity index (χ0v) is 14.8. The van der Waals surface area contributed by atoms with Crippen molar-refractivity contribution < 1.29 is 0 Å². The molecule has 0 bridgehead atoms. The lowest BCUT2D eigenvalue weighted by atomic mass is 9.91. The molecule has 0 heterocycles. The van der Waals surface area contributed by atoms with E-state index in [4.69, 9.17) is 0 Å². The molecule has 0 aliphatic heterocycles. The molecule has 1 atom stereocenters. The van der Waals surface area contributed by atoms with Crippen LogP contribution in [0.15, 0.2) is 0 Å². The van der Waals surface area contributed by atoms with Gasteiger partial charge in [0.05, 0.1) is 0 Å². The molecule has 0 aliphatic rings. The lowest BCUT2D eigenvalue weighted by Crippen LogP contribution is -2.20. The smallest absolute Gasteiger partial charge is 0.00234 e. The first-order chi connectivity index (χ1) is 9.70. The minimum absolute atomic E-state index is 0.844. The molecule has 0 fully saturated rings. The Morgan fingerprint density at radius 1 is 0.750 bits per heavy atom. The van der Waals surface area contributed by atoms with Crippen molar-refractivity contribution in [1.29, 1.82) is 0 Å². The average molecular weight is 284 g/mol. The molecule has 0 saturated heterocycles. The highest BCUT2D eigenvalue weighted by atomic mass is 14.8. The number of hydrogen-bond donors (Lipinski definition) is 1. The first-order valence-electron chi connectivity index (χ1n) is 9.35. The van der Waals surface area contributed by atoms with Gasteiger partial charge in [0.25, 0.3) is 0 Å². The normalized spacial score (nSPS) is 13.1.